The van der Waals surface area contributed by atoms with E-state index in [0.29, 0.717) is 12.5 Å². The Balaban J connectivity index is 2.84. The first-order valence-corrected chi connectivity index (χ1v) is 7.04. The Labute approximate surface area is 111 Å². The number of carbonyl (C=O) groups is 1. The van der Waals surface area contributed by atoms with Gasteiger partial charge < -0.3 is 15.4 Å². The fourth-order valence-electron chi connectivity index (χ4n) is 2.84. The Bertz CT molecular complexity index is 279. The molecule has 0 bridgehead atoms. The van der Waals surface area contributed by atoms with Crippen molar-refractivity contribution in [2.75, 3.05) is 20.2 Å². The molecule has 1 fully saturated rings. The highest BCUT2D eigenvalue weighted by Gasteiger charge is 2.38. The summed E-state index contributed by atoms with van der Waals surface area (Å²) in [6.45, 7) is 7.09. The molecule has 1 aliphatic rings. The Morgan fingerprint density at radius 2 is 2.00 bits per heavy atom. The van der Waals surface area contributed by atoms with E-state index in [0.717, 1.165) is 19.4 Å². The van der Waals surface area contributed by atoms with Gasteiger partial charge in [-0.25, -0.2) is 0 Å². The fraction of sp³-hybridized carbons (Fsp3) is 0.929. The number of nitrogens with two attached hydrogens (primary N) is 1. The molecule has 0 spiro atoms. The molecule has 0 aromatic carbocycles. The van der Waals surface area contributed by atoms with Crippen molar-refractivity contribution in [3.8, 4) is 0 Å². The second kappa shape index (κ2) is 6.53. The molecular weight excluding hydrogens is 228 g/mol. The lowest BCUT2D eigenvalue weighted by molar-refractivity contribution is -0.155. The number of methoxy groups -OCH3 is 1. The minimum absolute atomic E-state index is 0.0813. The predicted octanol–water partition coefficient (Wildman–Crippen LogP) is 1.78. The average Bonchev–Trinajstić information content (AvgIpc) is 2.40. The molecular formula is C14H28N2O2. The zero-order chi connectivity index (χ0) is 13.8. The van der Waals surface area contributed by atoms with Crippen LogP contribution in [0.15, 0.2) is 0 Å². The normalized spacial score (nSPS) is 24.9. The van der Waals surface area contributed by atoms with Crippen molar-refractivity contribution in [2.24, 2.45) is 11.7 Å². The first-order chi connectivity index (χ1) is 8.47. The van der Waals surface area contributed by atoms with Crippen LogP contribution in [0.3, 0.4) is 0 Å². The lowest BCUT2D eigenvalue weighted by Crippen LogP contribution is -2.54. The van der Waals surface area contributed by atoms with Crippen molar-refractivity contribution in [3.05, 3.63) is 0 Å². The van der Waals surface area contributed by atoms with Gasteiger partial charge in [-0.05, 0) is 46.1 Å². The highest BCUT2D eigenvalue weighted by Crippen LogP contribution is 2.29. The van der Waals surface area contributed by atoms with Crippen LogP contribution in [-0.2, 0) is 9.53 Å². The van der Waals surface area contributed by atoms with Gasteiger partial charge in [0.2, 0.25) is 0 Å². The van der Waals surface area contributed by atoms with Gasteiger partial charge in [0, 0.05) is 19.7 Å². The van der Waals surface area contributed by atoms with Crippen molar-refractivity contribution in [1.29, 1.82) is 0 Å². The Morgan fingerprint density at radius 3 is 2.50 bits per heavy atom. The maximum atomic E-state index is 12.5. The third kappa shape index (κ3) is 3.23. The molecule has 2 unspecified atom stereocenters. The lowest BCUT2D eigenvalue weighted by Gasteiger charge is -2.42. The van der Waals surface area contributed by atoms with Gasteiger partial charge in [-0.2, -0.15) is 0 Å². The molecule has 0 radical (unpaired) electrons. The van der Waals surface area contributed by atoms with Gasteiger partial charge in [0.15, 0.2) is 0 Å². The molecule has 0 aliphatic heterocycles. The van der Waals surface area contributed by atoms with Crippen LogP contribution >= 0.6 is 0 Å². The summed E-state index contributed by atoms with van der Waals surface area (Å²) < 4.78 is 5.32. The molecule has 0 aromatic heterocycles. The van der Waals surface area contributed by atoms with E-state index in [1.54, 1.807) is 7.11 Å². The smallest absolute Gasteiger partial charge is 0.254 e. The Kier molecular flexibility index (Phi) is 5.60. The molecule has 0 heterocycles. The SMILES string of the molecule is CCN(C(=O)C(C)(C)OC)C1CCCCC1CN. The fourth-order valence-corrected chi connectivity index (χ4v) is 2.84. The van der Waals surface area contributed by atoms with E-state index in [-0.39, 0.29) is 11.9 Å². The summed E-state index contributed by atoms with van der Waals surface area (Å²) in [5.41, 5.74) is 5.12. The van der Waals surface area contributed by atoms with Crippen LogP contribution in [0.1, 0.15) is 46.5 Å². The number of ether oxygens (including phenoxy) is 1. The highest BCUT2D eigenvalue weighted by molar-refractivity contribution is 5.84. The van der Waals surface area contributed by atoms with E-state index < -0.39 is 5.60 Å². The summed E-state index contributed by atoms with van der Waals surface area (Å²) in [6.07, 6.45) is 4.63. The summed E-state index contributed by atoms with van der Waals surface area (Å²) in [4.78, 5) is 14.5. The van der Waals surface area contributed by atoms with Crippen LogP contribution in [0.25, 0.3) is 0 Å². The Hall–Kier alpha value is -0.610. The van der Waals surface area contributed by atoms with Gasteiger partial charge in [-0.3, -0.25) is 4.79 Å². The monoisotopic (exact) mass is 256 g/mol. The van der Waals surface area contributed by atoms with Crippen LogP contribution in [0.5, 0.6) is 0 Å². The van der Waals surface area contributed by atoms with Crippen LogP contribution < -0.4 is 5.73 Å². The van der Waals surface area contributed by atoms with Crippen molar-refractivity contribution >= 4 is 5.91 Å². The van der Waals surface area contributed by atoms with Crippen molar-refractivity contribution in [1.82, 2.24) is 4.90 Å². The molecule has 2 N–H and O–H groups in total. The number of hydrogen-bond acceptors (Lipinski definition) is 3. The first kappa shape index (κ1) is 15.4. The molecule has 1 saturated carbocycles. The first-order valence-electron chi connectivity index (χ1n) is 7.04. The minimum Gasteiger partial charge on any atom is -0.369 e. The van der Waals surface area contributed by atoms with E-state index >= 15 is 0 Å². The van der Waals surface area contributed by atoms with Gasteiger partial charge >= 0.3 is 0 Å². The van der Waals surface area contributed by atoms with Crippen LogP contribution in [0.2, 0.25) is 0 Å². The maximum Gasteiger partial charge on any atom is 0.254 e. The van der Waals surface area contributed by atoms with Crippen LogP contribution in [0.4, 0.5) is 0 Å². The summed E-state index contributed by atoms with van der Waals surface area (Å²) in [6, 6.07) is 0.288. The van der Waals surface area contributed by atoms with Crippen molar-refractivity contribution in [3.63, 3.8) is 0 Å². The second-order valence-electron chi connectivity index (χ2n) is 5.65. The number of likely N-dealkylation sites (N-methyl/N-ethyl adjacent to an activating group) is 1. The van der Waals surface area contributed by atoms with Crippen LogP contribution in [-0.4, -0.2) is 42.6 Å². The number of nitrogens with zero attached hydrogens (tertiary/aromatic N) is 1. The average molecular weight is 256 g/mol. The molecule has 1 amide bonds. The molecule has 1 aliphatic carbocycles. The summed E-state index contributed by atoms with van der Waals surface area (Å²) in [7, 11) is 1.59. The van der Waals surface area contributed by atoms with Crippen LogP contribution in [0, 0.1) is 5.92 Å². The van der Waals surface area contributed by atoms with Gasteiger partial charge in [-0.15, -0.1) is 0 Å². The summed E-state index contributed by atoms with van der Waals surface area (Å²) >= 11 is 0. The molecule has 4 heteroatoms. The maximum absolute atomic E-state index is 12.5. The largest absolute Gasteiger partial charge is 0.369 e. The highest BCUT2D eigenvalue weighted by atomic mass is 16.5. The molecule has 0 aromatic rings. The molecule has 0 saturated heterocycles. The summed E-state index contributed by atoms with van der Waals surface area (Å²) in [5.74, 6) is 0.521. The topological polar surface area (TPSA) is 55.6 Å². The zero-order valence-electron chi connectivity index (χ0n) is 12.2. The molecule has 18 heavy (non-hydrogen) atoms. The molecule has 4 nitrogen and oxygen atoms in total. The van der Waals surface area contributed by atoms with E-state index in [2.05, 4.69) is 0 Å². The number of carbonyl (C=O) groups excluding carboxylic acids is 1. The third-order valence-electron chi connectivity index (χ3n) is 4.20. The minimum atomic E-state index is -0.743. The second-order valence-corrected chi connectivity index (χ2v) is 5.65. The van der Waals surface area contributed by atoms with E-state index in [1.807, 2.05) is 25.7 Å². The van der Waals surface area contributed by atoms with Gasteiger partial charge in [0.25, 0.3) is 5.91 Å². The molecule has 2 atom stereocenters. The van der Waals surface area contributed by atoms with Crippen molar-refractivity contribution < 1.29 is 9.53 Å². The van der Waals surface area contributed by atoms with E-state index in [9.17, 15) is 4.79 Å². The Morgan fingerprint density at radius 1 is 1.39 bits per heavy atom. The predicted molar refractivity (Wildman–Crippen MR) is 73.3 cm³/mol. The molecule has 1 rings (SSSR count). The van der Waals surface area contributed by atoms with E-state index in [1.165, 1.54) is 12.8 Å². The number of hydrogen-bond donors (Lipinski definition) is 1. The van der Waals surface area contributed by atoms with Gasteiger partial charge in [0.1, 0.15) is 5.60 Å². The number of rotatable bonds is 5. The third-order valence-corrected chi connectivity index (χ3v) is 4.20. The van der Waals surface area contributed by atoms with Crippen molar-refractivity contribution in [2.45, 2.75) is 58.1 Å². The number of amides is 1. The quantitative estimate of drug-likeness (QED) is 0.815. The van der Waals surface area contributed by atoms with Gasteiger partial charge in [-0.1, -0.05) is 12.8 Å². The zero-order valence-corrected chi connectivity index (χ0v) is 12.2. The van der Waals surface area contributed by atoms with E-state index in [4.69, 9.17) is 10.5 Å². The van der Waals surface area contributed by atoms with Gasteiger partial charge in [0.05, 0.1) is 0 Å². The lowest BCUT2D eigenvalue weighted by atomic mass is 9.83. The summed E-state index contributed by atoms with van der Waals surface area (Å²) in [5, 5.41) is 0. The molecule has 106 valence electrons. The standard InChI is InChI=1S/C14H28N2O2/c1-5-16(13(17)14(2,3)18-4)12-9-7-6-8-11(12)10-15/h11-12H,5-10,15H2,1-4H3.